The minimum absolute atomic E-state index is 0.0229. The molecule has 8 heteroatoms. The molecule has 0 radical (unpaired) electrons. The Labute approximate surface area is 121 Å². The van der Waals surface area contributed by atoms with Crippen molar-refractivity contribution in [2.45, 2.75) is 0 Å². The molecule has 0 atom stereocenters. The highest BCUT2D eigenvalue weighted by Crippen LogP contribution is 2.24. The monoisotopic (exact) mass is 299 g/mol. The van der Waals surface area contributed by atoms with Crippen LogP contribution in [-0.2, 0) is 0 Å². The lowest BCUT2D eigenvalue weighted by atomic mass is 10.2. The van der Waals surface area contributed by atoms with Gasteiger partial charge in [-0.25, -0.2) is 5.01 Å². The van der Waals surface area contributed by atoms with Crippen LogP contribution in [0, 0.1) is 10.1 Å². The lowest BCUT2D eigenvalue weighted by Gasteiger charge is -2.30. The lowest BCUT2D eigenvalue weighted by molar-refractivity contribution is -0.884. The summed E-state index contributed by atoms with van der Waals surface area (Å²) < 4.78 is 0. The molecule has 2 N–H and O–H groups in total. The van der Waals surface area contributed by atoms with Crippen LogP contribution in [-0.4, -0.2) is 49.1 Å². The summed E-state index contributed by atoms with van der Waals surface area (Å²) in [5.41, 5.74) is 2.72. The fourth-order valence-electron chi connectivity index (χ4n) is 2.00. The van der Waals surface area contributed by atoms with Gasteiger partial charge in [0.2, 0.25) is 0 Å². The SMILES string of the molecule is C[NH+]1CCN(NC(=O)c2ccc(Cl)c([N+](=O)[O-])c2)CC1. The Morgan fingerprint density at radius 1 is 1.45 bits per heavy atom. The van der Waals surface area contributed by atoms with Gasteiger partial charge < -0.3 is 4.90 Å². The molecule has 0 unspecified atom stereocenters. The van der Waals surface area contributed by atoms with Crippen molar-refractivity contribution in [2.75, 3.05) is 33.2 Å². The van der Waals surface area contributed by atoms with Crippen LogP contribution in [0.25, 0.3) is 0 Å². The summed E-state index contributed by atoms with van der Waals surface area (Å²) in [7, 11) is 2.10. The number of carbonyl (C=O) groups is 1. The van der Waals surface area contributed by atoms with E-state index >= 15 is 0 Å². The highest BCUT2D eigenvalue weighted by atomic mass is 35.5. The average Bonchev–Trinajstić information content (AvgIpc) is 2.41. The number of nitro benzene ring substituents is 1. The van der Waals surface area contributed by atoms with Crippen LogP contribution in [0.1, 0.15) is 10.4 Å². The number of quaternary nitrogens is 1. The smallest absolute Gasteiger partial charge is 0.288 e. The van der Waals surface area contributed by atoms with Crippen LogP contribution in [0.3, 0.4) is 0 Å². The van der Waals surface area contributed by atoms with Gasteiger partial charge in [0.15, 0.2) is 0 Å². The quantitative estimate of drug-likeness (QED) is 0.594. The van der Waals surface area contributed by atoms with Gasteiger partial charge in [-0.3, -0.25) is 20.3 Å². The summed E-state index contributed by atoms with van der Waals surface area (Å²) in [6.07, 6.45) is 0. The predicted octanol–water partition coefficient (Wildman–Crippen LogP) is -0.277. The van der Waals surface area contributed by atoms with Crippen LogP contribution >= 0.6 is 11.6 Å². The molecule has 1 aromatic carbocycles. The maximum absolute atomic E-state index is 12.1. The maximum atomic E-state index is 12.1. The van der Waals surface area contributed by atoms with Crippen molar-refractivity contribution in [3.8, 4) is 0 Å². The minimum atomic E-state index is -0.599. The molecule has 1 saturated heterocycles. The second-order valence-electron chi connectivity index (χ2n) is 4.81. The summed E-state index contributed by atoms with van der Waals surface area (Å²) in [6, 6.07) is 4.04. The molecule has 7 nitrogen and oxygen atoms in total. The van der Waals surface area contributed by atoms with Crippen molar-refractivity contribution in [2.24, 2.45) is 0 Å². The van der Waals surface area contributed by atoms with E-state index < -0.39 is 4.92 Å². The molecule has 1 aromatic rings. The van der Waals surface area contributed by atoms with Crippen molar-refractivity contribution in [3.05, 3.63) is 38.9 Å². The normalized spacial score (nSPS) is 16.9. The van der Waals surface area contributed by atoms with Crippen LogP contribution in [0.4, 0.5) is 5.69 Å². The molecule has 1 aliphatic rings. The van der Waals surface area contributed by atoms with Crippen molar-refractivity contribution in [1.29, 1.82) is 0 Å². The number of nitro groups is 1. The first-order chi connectivity index (χ1) is 9.47. The number of carbonyl (C=O) groups excluding carboxylic acids is 1. The fourth-order valence-corrected chi connectivity index (χ4v) is 2.19. The molecule has 108 valence electrons. The number of rotatable bonds is 3. The molecular weight excluding hydrogens is 284 g/mol. The standard InChI is InChI=1S/C12H15ClN4O3/c1-15-4-6-16(7-5-15)14-12(18)9-2-3-10(13)11(8-9)17(19)20/h2-3,8H,4-7H2,1H3,(H,14,18)/p+1. The molecule has 1 amide bonds. The second-order valence-corrected chi connectivity index (χ2v) is 5.22. The van der Waals surface area contributed by atoms with Gasteiger partial charge in [0.05, 0.1) is 38.2 Å². The molecule has 0 aromatic heterocycles. The Morgan fingerprint density at radius 3 is 2.70 bits per heavy atom. The van der Waals surface area contributed by atoms with Crippen LogP contribution in [0.15, 0.2) is 18.2 Å². The Kier molecular flexibility index (Phi) is 4.53. The van der Waals surface area contributed by atoms with Gasteiger partial charge in [-0.05, 0) is 12.1 Å². The third-order valence-electron chi connectivity index (χ3n) is 3.28. The Balaban J connectivity index is 2.06. The summed E-state index contributed by atoms with van der Waals surface area (Å²) in [6.45, 7) is 3.41. The van der Waals surface area contributed by atoms with Gasteiger partial charge in [0.1, 0.15) is 5.02 Å². The minimum Gasteiger partial charge on any atom is -0.335 e. The number of hydrazine groups is 1. The number of amides is 1. The molecule has 0 bridgehead atoms. The fraction of sp³-hybridized carbons (Fsp3) is 0.417. The number of piperazine rings is 1. The van der Waals surface area contributed by atoms with Crippen LogP contribution in [0.2, 0.25) is 5.02 Å². The topological polar surface area (TPSA) is 79.9 Å². The molecule has 0 spiro atoms. The molecule has 2 rings (SSSR count). The molecule has 1 heterocycles. The maximum Gasteiger partial charge on any atom is 0.288 e. The third-order valence-corrected chi connectivity index (χ3v) is 3.60. The van der Waals surface area contributed by atoms with E-state index in [2.05, 4.69) is 12.5 Å². The number of nitrogens with one attached hydrogen (secondary N) is 2. The number of likely N-dealkylation sites (N-methyl/N-ethyl adjacent to an activating group) is 1. The van der Waals surface area contributed by atoms with E-state index in [0.717, 1.165) is 26.2 Å². The van der Waals surface area contributed by atoms with Gasteiger partial charge in [-0.2, -0.15) is 0 Å². The van der Waals surface area contributed by atoms with E-state index in [1.807, 2.05) is 5.01 Å². The first-order valence-corrected chi connectivity index (χ1v) is 6.66. The first-order valence-electron chi connectivity index (χ1n) is 6.28. The van der Waals surface area contributed by atoms with E-state index in [1.165, 1.54) is 23.1 Å². The Morgan fingerprint density at radius 2 is 2.10 bits per heavy atom. The zero-order chi connectivity index (χ0) is 14.7. The second kappa shape index (κ2) is 6.17. The number of halogens is 1. The molecule has 20 heavy (non-hydrogen) atoms. The van der Waals surface area contributed by atoms with Gasteiger partial charge in [0, 0.05) is 11.6 Å². The Bertz CT molecular complexity index is 529. The number of hydrogen-bond donors (Lipinski definition) is 2. The van der Waals surface area contributed by atoms with E-state index in [1.54, 1.807) is 0 Å². The highest BCUT2D eigenvalue weighted by molar-refractivity contribution is 6.32. The van der Waals surface area contributed by atoms with Crippen molar-refractivity contribution >= 4 is 23.2 Å². The third kappa shape index (κ3) is 3.44. The van der Waals surface area contributed by atoms with Crippen molar-refractivity contribution in [3.63, 3.8) is 0 Å². The largest absolute Gasteiger partial charge is 0.335 e. The number of benzene rings is 1. The van der Waals surface area contributed by atoms with E-state index in [0.29, 0.717) is 0 Å². The molecule has 0 saturated carbocycles. The van der Waals surface area contributed by atoms with E-state index in [-0.39, 0.29) is 22.2 Å². The highest BCUT2D eigenvalue weighted by Gasteiger charge is 2.21. The zero-order valence-corrected chi connectivity index (χ0v) is 11.8. The molecule has 0 aliphatic carbocycles. The summed E-state index contributed by atoms with van der Waals surface area (Å²) in [5.74, 6) is -0.357. The van der Waals surface area contributed by atoms with Crippen LogP contribution < -0.4 is 10.3 Å². The van der Waals surface area contributed by atoms with E-state index in [4.69, 9.17) is 11.6 Å². The summed E-state index contributed by atoms with van der Waals surface area (Å²) >= 11 is 5.72. The van der Waals surface area contributed by atoms with Gasteiger partial charge >= 0.3 is 0 Å². The molecule has 1 aliphatic heterocycles. The van der Waals surface area contributed by atoms with Crippen molar-refractivity contribution in [1.82, 2.24) is 10.4 Å². The van der Waals surface area contributed by atoms with Gasteiger partial charge in [0.25, 0.3) is 11.6 Å². The lowest BCUT2D eigenvalue weighted by Crippen LogP contribution is -3.12. The van der Waals surface area contributed by atoms with Crippen molar-refractivity contribution < 1.29 is 14.6 Å². The van der Waals surface area contributed by atoms with Gasteiger partial charge in [-0.1, -0.05) is 11.6 Å². The van der Waals surface area contributed by atoms with Gasteiger partial charge in [-0.15, -0.1) is 0 Å². The molecular formula is C12H16ClN4O3+. The zero-order valence-electron chi connectivity index (χ0n) is 11.1. The number of nitrogens with zero attached hydrogens (tertiary/aromatic N) is 2. The summed E-state index contributed by atoms with van der Waals surface area (Å²) in [4.78, 5) is 23.7. The van der Waals surface area contributed by atoms with E-state index in [9.17, 15) is 14.9 Å². The Hall–Kier alpha value is -1.70. The molecule has 1 fully saturated rings. The van der Waals surface area contributed by atoms with Crippen LogP contribution in [0.5, 0.6) is 0 Å². The summed E-state index contributed by atoms with van der Waals surface area (Å²) in [5, 5.41) is 12.7. The predicted molar refractivity (Wildman–Crippen MR) is 73.8 cm³/mol. The average molecular weight is 300 g/mol. The number of hydrogen-bond acceptors (Lipinski definition) is 4. The first kappa shape index (κ1) is 14.7.